The summed E-state index contributed by atoms with van der Waals surface area (Å²) in [5.74, 6) is 0. The zero-order valence-electron chi connectivity index (χ0n) is 9.66. The number of hydrogen-bond acceptors (Lipinski definition) is 3. The highest BCUT2D eigenvalue weighted by atomic mass is 16.1. The fraction of sp³-hybridized carbons (Fsp3) is 0.545. The molecule has 0 atom stereocenters. The molecule has 0 unspecified atom stereocenters. The van der Waals surface area contributed by atoms with E-state index in [4.69, 9.17) is 0 Å². The molecule has 1 heterocycles. The molecule has 4 heteroatoms. The zero-order chi connectivity index (χ0) is 11.3. The van der Waals surface area contributed by atoms with Crippen LogP contribution in [-0.2, 0) is 6.54 Å². The van der Waals surface area contributed by atoms with Gasteiger partial charge in [0.15, 0.2) is 0 Å². The zero-order valence-corrected chi connectivity index (χ0v) is 9.66. The van der Waals surface area contributed by atoms with Gasteiger partial charge in [-0.15, -0.1) is 0 Å². The van der Waals surface area contributed by atoms with Gasteiger partial charge < -0.3 is 14.8 Å². The number of aromatic nitrogens is 1. The molecule has 0 fully saturated rings. The van der Waals surface area contributed by atoms with Crippen LogP contribution in [-0.4, -0.2) is 37.2 Å². The molecule has 0 aliphatic heterocycles. The van der Waals surface area contributed by atoms with Crippen LogP contribution in [0.2, 0.25) is 0 Å². The van der Waals surface area contributed by atoms with Gasteiger partial charge in [-0.3, -0.25) is 4.79 Å². The average molecular weight is 209 g/mol. The quantitative estimate of drug-likeness (QED) is 0.781. The number of nitrogens with one attached hydrogen (secondary N) is 1. The number of rotatable bonds is 5. The van der Waals surface area contributed by atoms with Crippen LogP contribution < -0.4 is 10.9 Å². The fourth-order valence-corrected chi connectivity index (χ4v) is 1.41. The van der Waals surface area contributed by atoms with E-state index in [-0.39, 0.29) is 5.56 Å². The highest BCUT2D eigenvalue weighted by Gasteiger charge is 1.97. The summed E-state index contributed by atoms with van der Waals surface area (Å²) in [6, 6.07) is 3.40. The molecule has 0 aliphatic carbocycles. The van der Waals surface area contributed by atoms with Gasteiger partial charge in [0.1, 0.15) is 0 Å². The van der Waals surface area contributed by atoms with Gasteiger partial charge in [0.25, 0.3) is 5.56 Å². The van der Waals surface area contributed by atoms with E-state index in [1.165, 1.54) is 0 Å². The molecule has 0 amide bonds. The van der Waals surface area contributed by atoms with Crippen LogP contribution in [0.25, 0.3) is 0 Å². The molecule has 1 N–H and O–H groups in total. The molecule has 15 heavy (non-hydrogen) atoms. The predicted octanol–water partition coefficient (Wildman–Crippen LogP) is 0.842. The third kappa shape index (κ3) is 3.75. The van der Waals surface area contributed by atoms with Gasteiger partial charge >= 0.3 is 0 Å². The topological polar surface area (TPSA) is 37.3 Å². The smallest absolute Gasteiger partial charge is 0.250 e. The van der Waals surface area contributed by atoms with E-state index in [2.05, 4.69) is 10.2 Å². The molecule has 0 saturated heterocycles. The minimum Gasteiger partial charge on any atom is -0.387 e. The second kappa shape index (κ2) is 5.56. The van der Waals surface area contributed by atoms with Gasteiger partial charge in [-0.1, -0.05) is 0 Å². The van der Waals surface area contributed by atoms with Crippen molar-refractivity contribution in [3.8, 4) is 0 Å². The van der Waals surface area contributed by atoms with Crippen molar-refractivity contribution < 1.29 is 0 Å². The third-order valence-electron chi connectivity index (χ3n) is 2.28. The summed E-state index contributed by atoms with van der Waals surface area (Å²) < 4.78 is 1.75. The van der Waals surface area contributed by atoms with Crippen LogP contribution >= 0.6 is 0 Å². The number of anilines is 1. The Kier molecular flexibility index (Phi) is 4.37. The lowest BCUT2D eigenvalue weighted by Gasteiger charge is -2.11. The molecule has 0 spiro atoms. The van der Waals surface area contributed by atoms with Crippen molar-refractivity contribution in [1.82, 2.24) is 9.47 Å². The van der Waals surface area contributed by atoms with Crippen LogP contribution in [0.4, 0.5) is 5.69 Å². The van der Waals surface area contributed by atoms with Gasteiger partial charge in [-0.2, -0.15) is 0 Å². The Hall–Kier alpha value is -1.29. The van der Waals surface area contributed by atoms with Crippen LogP contribution in [0.5, 0.6) is 0 Å². The molecule has 1 aromatic heterocycles. The molecular weight excluding hydrogens is 190 g/mol. The lowest BCUT2D eigenvalue weighted by Crippen LogP contribution is -2.22. The highest BCUT2D eigenvalue weighted by Crippen LogP contribution is 2.01. The lowest BCUT2D eigenvalue weighted by molar-refractivity contribution is 0.385. The van der Waals surface area contributed by atoms with Crippen LogP contribution in [0, 0.1) is 0 Å². The molecule has 4 nitrogen and oxygen atoms in total. The van der Waals surface area contributed by atoms with E-state index in [0.717, 1.165) is 25.2 Å². The Morgan fingerprint density at radius 2 is 2.13 bits per heavy atom. The second-order valence-electron chi connectivity index (χ2n) is 3.86. The summed E-state index contributed by atoms with van der Waals surface area (Å²) in [6.45, 7) is 1.77. The first kappa shape index (κ1) is 11.8. The maximum Gasteiger partial charge on any atom is 0.250 e. The average Bonchev–Trinajstić information content (AvgIpc) is 2.20. The van der Waals surface area contributed by atoms with Gasteiger partial charge in [0, 0.05) is 25.9 Å². The monoisotopic (exact) mass is 209 g/mol. The van der Waals surface area contributed by atoms with E-state index in [1.54, 1.807) is 16.7 Å². The summed E-state index contributed by atoms with van der Waals surface area (Å²) in [5, 5.41) is 3.02. The van der Waals surface area contributed by atoms with Crippen molar-refractivity contribution in [3.63, 3.8) is 0 Å². The van der Waals surface area contributed by atoms with Crippen molar-refractivity contribution in [2.24, 2.45) is 0 Å². The van der Waals surface area contributed by atoms with Crippen molar-refractivity contribution >= 4 is 5.69 Å². The predicted molar refractivity (Wildman–Crippen MR) is 63.4 cm³/mol. The maximum absolute atomic E-state index is 11.5. The van der Waals surface area contributed by atoms with Crippen LogP contribution in [0.15, 0.2) is 23.1 Å². The molecular formula is C11H19N3O. The number of hydrogen-bond donors (Lipinski definition) is 1. The highest BCUT2D eigenvalue weighted by molar-refractivity contribution is 5.39. The summed E-state index contributed by atoms with van der Waals surface area (Å²) in [4.78, 5) is 13.6. The lowest BCUT2D eigenvalue weighted by atomic mass is 10.3. The molecule has 1 rings (SSSR count). The van der Waals surface area contributed by atoms with Crippen molar-refractivity contribution in [1.29, 1.82) is 0 Å². The Balaban J connectivity index is 2.63. The molecule has 84 valence electrons. The summed E-state index contributed by atoms with van der Waals surface area (Å²) in [5.41, 5.74) is 1.03. The fourth-order valence-electron chi connectivity index (χ4n) is 1.41. The van der Waals surface area contributed by atoms with Crippen LogP contribution in [0.1, 0.15) is 6.42 Å². The minimum atomic E-state index is 0.0627. The SMILES string of the molecule is CNc1ccc(=O)n(CCCN(C)C)c1. The Morgan fingerprint density at radius 1 is 1.40 bits per heavy atom. The summed E-state index contributed by atoms with van der Waals surface area (Å²) in [6.07, 6.45) is 2.85. The third-order valence-corrected chi connectivity index (χ3v) is 2.28. The Bertz CT molecular complexity index is 357. The van der Waals surface area contributed by atoms with E-state index < -0.39 is 0 Å². The standard InChI is InChI=1S/C11H19N3O/c1-12-10-5-6-11(15)14(9-10)8-4-7-13(2)3/h5-6,9,12H,4,7-8H2,1-3H3. The molecule has 0 bridgehead atoms. The van der Waals surface area contributed by atoms with Gasteiger partial charge in [-0.25, -0.2) is 0 Å². The van der Waals surface area contributed by atoms with E-state index in [0.29, 0.717) is 0 Å². The summed E-state index contributed by atoms with van der Waals surface area (Å²) in [7, 11) is 5.92. The molecule has 0 radical (unpaired) electrons. The minimum absolute atomic E-state index is 0.0627. The second-order valence-corrected chi connectivity index (χ2v) is 3.86. The summed E-state index contributed by atoms with van der Waals surface area (Å²) >= 11 is 0. The normalized spacial score (nSPS) is 10.7. The van der Waals surface area contributed by atoms with Gasteiger partial charge in [0.2, 0.25) is 0 Å². The van der Waals surface area contributed by atoms with E-state index in [9.17, 15) is 4.79 Å². The number of nitrogens with zero attached hydrogens (tertiary/aromatic N) is 2. The first-order chi connectivity index (χ1) is 7.13. The molecule has 0 aromatic carbocycles. The van der Waals surface area contributed by atoms with Crippen molar-refractivity contribution in [3.05, 3.63) is 28.7 Å². The molecule has 1 aromatic rings. The van der Waals surface area contributed by atoms with E-state index >= 15 is 0 Å². The van der Waals surface area contributed by atoms with E-state index in [1.807, 2.05) is 27.3 Å². The largest absolute Gasteiger partial charge is 0.387 e. The first-order valence-corrected chi connectivity index (χ1v) is 5.16. The first-order valence-electron chi connectivity index (χ1n) is 5.16. The van der Waals surface area contributed by atoms with Crippen molar-refractivity contribution in [2.75, 3.05) is 33.0 Å². The Morgan fingerprint density at radius 3 is 2.73 bits per heavy atom. The maximum atomic E-state index is 11.5. The number of aryl methyl sites for hydroxylation is 1. The van der Waals surface area contributed by atoms with Crippen LogP contribution in [0.3, 0.4) is 0 Å². The molecule has 0 aliphatic rings. The molecule has 0 saturated carbocycles. The van der Waals surface area contributed by atoms with Gasteiger partial charge in [0.05, 0.1) is 5.69 Å². The number of pyridine rings is 1. The van der Waals surface area contributed by atoms with Gasteiger partial charge in [-0.05, 0) is 33.1 Å². The van der Waals surface area contributed by atoms with Crippen molar-refractivity contribution in [2.45, 2.75) is 13.0 Å². The Labute approximate surface area is 90.5 Å².